The van der Waals surface area contributed by atoms with Gasteiger partial charge in [0.2, 0.25) is 10.0 Å². The molecule has 0 spiro atoms. The van der Waals surface area contributed by atoms with Gasteiger partial charge < -0.3 is 9.47 Å². The van der Waals surface area contributed by atoms with Crippen LogP contribution in [0.3, 0.4) is 0 Å². The molecule has 0 unspecified atom stereocenters. The van der Waals surface area contributed by atoms with Gasteiger partial charge in [0.1, 0.15) is 11.0 Å². The molecule has 22 heavy (non-hydrogen) atoms. The third kappa shape index (κ3) is 2.29. The van der Waals surface area contributed by atoms with Crippen molar-refractivity contribution in [2.45, 2.75) is 49.8 Å². The number of rotatable bonds is 3. The van der Waals surface area contributed by atoms with Crippen LogP contribution in [-0.4, -0.2) is 61.0 Å². The Balaban J connectivity index is 1.99. The lowest BCUT2D eigenvalue weighted by molar-refractivity contribution is -0.0848. The summed E-state index contributed by atoms with van der Waals surface area (Å²) >= 11 is 0. The van der Waals surface area contributed by atoms with E-state index in [1.165, 1.54) is 0 Å². The molecule has 3 rings (SSSR count). The van der Waals surface area contributed by atoms with Crippen LogP contribution in [0.1, 0.15) is 24.2 Å². The van der Waals surface area contributed by atoms with Gasteiger partial charge in [0.05, 0.1) is 30.1 Å². The first-order valence-electron chi connectivity index (χ1n) is 7.54. The van der Waals surface area contributed by atoms with E-state index in [-0.39, 0.29) is 18.2 Å². The van der Waals surface area contributed by atoms with E-state index in [1.54, 1.807) is 37.0 Å². The quantitative estimate of drug-likeness (QED) is 0.812. The Hall–Kier alpha value is -0.960. The highest BCUT2D eigenvalue weighted by atomic mass is 32.2. The van der Waals surface area contributed by atoms with Gasteiger partial charge in [-0.1, -0.05) is 0 Å². The zero-order chi connectivity index (χ0) is 16.1. The maximum Gasteiger partial charge on any atom is 0.247 e. The van der Waals surface area contributed by atoms with Crippen molar-refractivity contribution in [3.8, 4) is 0 Å². The van der Waals surface area contributed by atoms with Crippen LogP contribution >= 0.6 is 0 Å². The molecule has 0 radical (unpaired) electrons. The molecule has 0 amide bonds. The van der Waals surface area contributed by atoms with Crippen LogP contribution in [0.5, 0.6) is 0 Å². The maximum atomic E-state index is 13.2. The van der Waals surface area contributed by atoms with Crippen molar-refractivity contribution in [3.63, 3.8) is 0 Å². The minimum absolute atomic E-state index is 0.0286. The maximum absolute atomic E-state index is 13.2. The fraction of sp³-hybridized carbons (Fsp3) is 0.786. The van der Waals surface area contributed by atoms with E-state index in [0.717, 1.165) is 12.8 Å². The fourth-order valence-electron chi connectivity index (χ4n) is 3.68. The smallest absolute Gasteiger partial charge is 0.247 e. The largest absolute Gasteiger partial charge is 0.379 e. The summed E-state index contributed by atoms with van der Waals surface area (Å²) in [6.45, 7) is 4.31. The second kappa shape index (κ2) is 5.59. The molecule has 2 fully saturated rings. The molecule has 2 heterocycles. The summed E-state index contributed by atoms with van der Waals surface area (Å²) in [6, 6.07) is -0.150. The monoisotopic (exact) mass is 329 g/mol. The van der Waals surface area contributed by atoms with E-state index < -0.39 is 10.0 Å². The summed E-state index contributed by atoms with van der Waals surface area (Å²) in [6.07, 6.45) is 1.38. The molecule has 7 nitrogen and oxygen atoms in total. The first kappa shape index (κ1) is 15.9. The first-order chi connectivity index (χ1) is 10.4. The van der Waals surface area contributed by atoms with Crippen molar-refractivity contribution >= 4 is 10.0 Å². The van der Waals surface area contributed by atoms with Crippen LogP contribution in [0.2, 0.25) is 0 Å². The van der Waals surface area contributed by atoms with Gasteiger partial charge in [-0.15, -0.1) is 0 Å². The highest BCUT2D eigenvalue weighted by Crippen LogP contribution is 2.36. The molecule has 1 aliphatic carbocycles. The average molecular weight is 329 g/mol. The topological polar surface area (TPSA) is 73.7 Å². The predicted molar refractivity (Wildman–Crippen MR) is 80.1 cm³/mol. The normalized spacial score (nSPS) is 29.7. The highest BCUT2D eigenvalue weighted by Gasteiger charge is 2.48. The molecule has 8 heteroatoms. The number of hydrogen-bond acceptors (Lipinski definition) is 5. The van der Waals surface area contributed by atoms with Crippen molar-refractivity contribution in [1.29, 1.82) is 0 Å². The predicted octanol–water partition coefficient (Wildman–Crippen LogP) is 0.604. The van der Waals surface area contributed by atoms with Gasteiger partial charge in [-0.3, -0.25) is 4.68 Å². The molecule has 1 saturated heterocycles. The second-order valence-electron chi connectivity index (χ2n) is 5.99. The number of fused-ring (bicyclic) bond motifs is 1. The summed E-state index contributed by atoms with van der Waals surface area (Å²) in [5.41, 5.74) is 1.21. The van der Waals surface area contributed by atoms with E-state index in [0.29, 0.717) is 29.4 Å². The number of nitrogens with zero attached hydrogens (tertiary/aromatic N) is 3. The molecule has 124 valence electrons. The average Bonchev–Trinajstić information content (AvgIpc) is 2.99. The summed E-state index contributed by atoms with van der Waals surface area (Å²) in [5.74, 6) is 0. The lowest BCUT2D eigenvalue weighted by Crippen LogP contribution is -2.53. The molecule has 1 aliphatic heterocycles. The van der Waals surface area contributed by atoms with Crippen LogP contribution in [0.15, 0.2) is 4.90 Å². The standard InChI is InChI=1S/C14H23N3O4S/c1-9-14(10(2)16(3)15-9)22(18,19)17-7-8-21-13-11(17)5-6-12(13)20-4/h11-13H,5-8H2,1-4H3/t11-,12+,13+/m1/s1. The number of morpholine rings is 1. The SMILES string of the molecule is CO[C@H]1CC[C@@H]2[C@@H]1OCCN2S(=O)(=O)c1c(C)nn(C)c1C. The number of sulfonamides is 1. The van der Waals surface area contributed by atoms with Crippen LogP contribution < -0.4 is 0 Å². The molecule has 1 aromatic heterocycles. The van der Waals surface area contributed by atoms with E-state index in [9.17, 15) is 8.42 Å². The zero-order valence-electron chi connectivity index (χ0n) is 13.4. The van der Waals surface area contributed by atoms with E-state index in [1.807, 2.05) is 0 Å². The minimum Gasteiger partial charge on any atom is -0.379 e. The Kier molecular flexibility index (Phi) is 4.05. The molecule has 3 atom stereocenters. The summed E-state index contributed by atoms with van der Waals surface area (Å²) in [7, 11) is -0.158. The Bertz CT molecular complexity index is 670. The molecular formula is C14H23N3O4S. The van der Waals surface area contributed by atoms with E-state index in [4.69, 9.17) is 9.47 Å². The van der Waals surface area contributed by atoms with Crippen molar-refractivity contribution < 1.29 is 17.9 Å². The molecule has 0 aromatic carbocycles. The van der Waals surface area contributed by atoms with Crippen molar-refractivity contribution in [3.05, 3.63) is 11.4 Å². The highest BCUT2D eigenvalue weighted by molar-refractivity contribution is 7.89. The van der Waals surface area contributed by atoms with Gasteiger partial charge in [-0.25, -0.2) is 8.42 Å². The molecule has 1 saturated carbocycles. The van der Waals surface area contributed by atoms with Crippen LogP contribution in [-0.2, 0) is 26.5 Å². The number of aryl methyl sites for hydroxylation is 2. The van der Waals surface area contributed by atoms with Gasteiger partial charge >= 0.3 is 0 Å². The zero-order valence-corrected chi connectivity index (χ0v) is 14.3. The van der Waals surface area contributed by atoms with E-state index in [2.05, 4.69) is 5.10 Å². The molecule has 1 aromatic rings. The number of ether oxygens (including phenoxy) is 2. The van der Waals surface area contributed by atoms with Gasteiger partial charge in [0, 0.05) is 20.7 Å². The lowest BCUT2D eigenvalue weighted by atomic mass is 10.2. The Morgan fingerprint density at radius 3 is 2.64 bits per heavy atom. The Labute approximate surface area is 131 Å². The molecule has 0 bridgehead atoms. The third-order valence-corrected chi connectivity index (χ3v) is 6.97. The third-order valence-electron chi connectivity index (χ3n) is 4.80. The number of methoxy groups -OCH3 is 1. The Morgan fingerprint density at radius 2 is 2.05 bits per heavy atom. The first-order valence-corrected chi connectivity index (χ1v) is 8.98. The van der Waals surface area contributed by atoms with Gasteiger partial charge in [0.15, 0.2) is 0 Å². The van der Waals surface area contributed by atoms with Crippen LogP contribution in [0.4, 0.5) is 0 Å². The summed E-state index contributed by atoms with van der Waals surface area (Å²) in [4.78, 5) is 0.330. The van der Waals surface area contributed by atoms with Gasteiger partial charge in [0.25, 0.3) is 0 Å². The molecule has 0 N–H and O–H groups in total. The summed E-state index contributed by atoms with van der Waals surface area (Å²) < 4.78 is 40.7. The van der Waals surface area contributed by atoms with Crippen LogP contribution in [0, 0.1) is 13.8 Å². The van der Waals surface area contributed by atoms with Gasteiger partial charge in [-0.2, -0.15) is 9.40 Å². The molecular weight excluding hydrogens is 306 g/mol. The summed E-state index contributed by atoms with van der Waals surface area (Å²) in [5, 5.41) is 4.24. The Morgan fingerprint density at radius 1 is 1.32 bits per heavy atom. The molecule has 2 aliphatic rings. The lowest BCUT2D eigenvalue weighted by Gasteiger charge is -2.37. The number of aromatic nitrogens is 2. The van der Waals surface area contributed by atoms with Crippen molar-refractivity contribution in [2.75, 3.05) is 20.3 Å². The second-order valence-corrected chi connectivity index (χ2v) is 7.82. The van der Waals surface area contributed by atoms with Crippen molar-refractivity contribution in [2.24, 2.45) is 7.05 Å². The minimum atomic E-state index is -3.57. The van der Waals surface area contributed by atoms with Crippen LogP contribution in [0.25, 0.3) is 0 Å². The fourth-order valence-corrected chi connectivity index (χ4v) is 5.73. The van der Waals surface area contributed by atoms with E-state index >= 15 is 0 Å². The number of hydrogen-bond donors (Lipinski definition) is 0. The van der Waals surface area contributed by atoms with Crippen molar-refractivity contribution in [1.82, 2.24) is 14.1 Å². The van der Waals surface area contributed by atoms with Gasteiger partial charge in [-0.05, 0) is 26.7 Å².